The molecule has 3 nitrogen and oxygen atoms in total. The minimum Gasteiger partial charge on any atom is -0.338 e. The van der Waals surface area contributed by atoms with Gasteiger partial charge in [-0.3, -0.25) is 4.79 Å². The van der Waals surface area contributed by atoms with Crippen LogP contribution in [0.15, 0.2) is 24.3 Å². The number of nitriles is 1. The summed E-state index contributed by atoms with van der Waals surface area (Å²) in [6.45, 7) is 0.738. The van der Waals surface area contributed by atoms with Crippen LogP contribution >= 0.6 is 0 Å². The van der Waals surface area contributed by atoms with Crippen molar-refractivity contribution in [2.24, 2.45) is 0 Å². The highest BCUT2D eigenvalue weighted by atomic mass is 16.2. The Bertz CT molecular complexity index is 503. The average Bonchev–Trinajstić information content (AvgIpc) is 2.69. The highest BCUT2D eigenvalue weighted by molar-refractivity contribution is 5.93. The maximum atomic E-state index is 12.0. The van der Waals surface area contributed by atoms with Crippen molar-refractivity contribution in [3.63, 3.8) is 0 Å². The van der Waals surface area contributed by atoms with Gasteiger partial charge in [0.15, 0.2) is 0 Å². The van der Waals surface area contributed by atoms with Gasteiger partial charge < -0.3 is 4.90 Å². The molecular weight excluding hydrogens is 212 g/mol. The van der Waals surface area contributed by atoms with E-state index in [1.165, 1.54) is 11.1 Å². The molecule has 1 fully saturated rings. The number of rotatable bonds is 3. The monoisotopic (exact) mass is 226 g/mol. The second-order valence-electron chi connectivity index (χ2n) is 4.74. The van der Waals surface area contributed by atoms with Crippen molar-refractivity contribution in [3.05, 3.63) is 35.4 Å². The zero-order valence-corrected chi connectivity index (χ0v) is 9.60. The van der Waals surface area contributed by atoms with E-state index >= 15 is 0 Å². The van der Waals surface area contributed by atoms with E-state index < -0.39 is 0 Å². The summed E-state index contributed by atoms with van der Waals surface area (Å²) in [4.78, 5) is 14.0. The van der Waals surface area contributed by atoms with Crippen molar-refractivity contribution in [1.29, 1.82) is 5.26 Å². The number of fused-ring (bicyclic) bond motifs is 3. The fraction of sp³-hybridized carbons (Fsp3) is 0.429. The summed E-state index contributed by atoms with van der Waals surface area (Å²) < 4.78 is 0. The molecule has 0 radical (unpaired) electrons. The number of likely N-dealkylation sites (tertiary alicyclic amines) is 1. The van der Waals surface area contributed by atoms with Crippen LogP contribution in [0.3, 0.4) is 0 Å². The Morgan fingerprint density at radius 3 is 3.06 bits per heavy atom. The predicted molar refractivity (Wildman–Crippen MR) is 63.2 cm³/mol. The SMILES string of the molecule is N#CCCCN1C(=O)C2c3ccccc3CC21. The van der Waals surface area contributed by atoms with Crippen molar-refractivity contribution < 1.29 is 4.79 Å². The van der Waals surface area contributed by atoms with Crippen molar-refractivity contribution in [2.75, 3.05) is 6.54 Å². The minimum atomic E-state index is 0.105. The van der Waals surface area contributed by atoms with Crippen molar-refractivity contribution in [2.45, 2.75) is 31.2 Å². The molecule has 0 bridgehead atoms. The maximum Gasteiger partial charge on any atom is 0.232 e. The Morgan fingerprint density at radius 1 is 1.41 bits per heavy atom. The van der Waals surface area contributed by atoms with Crippen LogP contribution in [-0.2, 0) is 11.2 Å². The summed E-state index contributed by atoms with van der Waals surface area (Å²) in [5.74, 6) is 0.353. The number of β-lactam (4-membered cyclic amide) rings is 1. The highest BCUT2D eigenvalue weighted by Crippen LogP contribution is 2.44. The van der Waals surface area contributed by atoms with Gasteiger partial charge in [0.2, 0.25) is 5.91 Å². The fourth-order valence-corrected chi connectivity index (χ4v) is 3.03. The molecule has 3 heteroatoms. The molecule has 2 aliphatic rings. The van der Waals surface area contributed by atoms with Crippen molar-refractivity contribution in [3.8, 4) is 6.07 Å². The van der Waals surface area contributed by atoms with E-state index in [-0.39, 0.29) is 11.8 Å². The molecule has 1 aromatic rings. The number of amides is 1. The smallest absolute Gasteiger partial charge is 0.232 e. The second kappa shape index (κ2) is 3.89. The van der Waals surface area contributed by atoms with Crippen LogP contribution in [0.5, 0.6) is 0 Å². The third-order valence-corrected chi connectivity index (χ3v) is 3.84. The summed E-state index contributed by atoms with van der Waals surface area (Å²) in [6.07, 6.45) is 2.31. The van der Waals surface area contributed by atoms with Gasteiger partial charge in [-0.2, -0.15) is 5.26 Å². The zero-order chi connectivity index (χ0) is 11.8. The zero-order valence-electron chi connectivity index (χ0n) is 9.60. The van der Waals surface area contributed by atoms with Gasteiger partial charge in [-0.25, -0.2) is 0 Å². The topological polar surface area (TPSA) is 44.1 Å². The third-order valence-electron chi connectivity index (χ3n) is 3.84. The van der Waals surface area contributed by atoms with E-state index in [1.807, 2.05) is 17.0 Å². The molecule has 1 aromatic carbocycles. The number of nitrogens with zero attached hydrogens (tertiary/aromatic N) is 2. The highest BCUT2D eigenvalue weighted by Gasteiger charge is 2.51. The lowest BCUT2D eigenvalue weighted by atomic mass is 9.87. The summed E-state index contributed by atoms with van der Waals surface area (Å²) >= 11 is 0. The largest absolute Gasteiger partial charge is 0.338 e. The van der Waals surface area contributed by atoms with Gasteiger partial charge in [-0.1, -0.05) is 24.3 Å². The number of unbranched alkanes of at least 4 members (excludes halogenated alkanes) is 1. The molecule has 0 saturated carbocycles. The molecule has 86 valence electrons. The molecule has 0 spiro atoms. The number of hydrogen-bond donors (Lipinski definition) is 0. The lowest BCUT2D eigenvalue weighted by Gasteiger charge is -2.44. The Hall–Kier alpha value is -1.82. The van der Waals surface area contributed by atoms with E-state index in [9.17, 15) is 4.79 Å². The first-order valence-corrected chi connectivity index (χ1v) is 6.08. The molecular formula is C14H14N2O. The summed E-state index contributed by atoms with van der Waals surface area (Å²) in [5, 5.41) is 8.51. The molecule has 17 heavy (non-hydrogen) atoms. The fourth-order valence-electron chi connectivity index (χ4n) is 3.03. The number of carbonyl (C=O) groups excluding carboxylic acids is 1. The summed E-state index contributed by atoms with van der Waals surface area (Å²) in [6, 6.07) is 10.7. The van der Waals surface area contributed by atoms with Crippen LogP contribution in [0, 0.1) is 11.3 Å². The van der Waals surface area contributed by atoms with E-state index in [0.29, 0.717) is 12.5 Å². The first-order chi connectivity index (χ1) is 8.33. The van der Waals surface area contributed by atoms with Gasteiger partial charge >= 0.3 is 0 Å². The van der Waals surface area contributed by atoms with Crippen LogP contribution in [0.25, 0.3) is 0 Å². The Labute approximate surface area is 101 Å². The van der Waals surface area contributed by atoms with Crippen LogP contribution in [0.4, 0.5) is 0 Å². The normalized spacial score (nSPS) is 24.9. The minimum absolute atomic E-state index is 0.105. The predicted octanol–water partition coefficient (Wildman–Crippen LogP) is 1.84. The van der Waals surface area contributed by atoms with Crippen molar-refractivity contribution in [1.82, 2.24) is 4.90 Å². The van der Waals surface area contributed by atoms with Gasteiger partial charge in [0.25, 0.3) is 0 Å². The van der Waals surface area contributed by atoms with Crippen LogP contribution in [-0.4, -0.2) is 23.4 Å². The van der Waals surface area contributed by atoms with E-state index in [2.05, 4.69) is 18.2 Å². The van der Waals surface area contributed by atoms with Crippen LogP contribution in [0.2, 0.25) is 0 Å². The molecule has 1 saturated heterocycles. The average molecular weight is 226 g/mol. The Kier molecular flexibility index (Phi) is 2.36. The maximum absolute atomic E-state index is 12.0. The van der Waals surface area contributed by atoms with Crippen LogP contribution in [0.1, 0.15) is 29.9 Å². The first kappa shape index (κ1) is 10.3. The second-order valence-corrected chi connectivity index (χ2v) is 4.74. The lowest BCUT2D eigenvalue weighted by Crippen LogP contribution is -2.57. The summed E-state index contributed by atoms with van der Waals surface area (Å²) in [5.41, 5.74) is 2.54. The Morgan fingerprint density at radius 2 is 2.24 bits per heavy atom. The molecule has 2 atom stereocenters. The summed E-state index contributed by atoms with van der Waals surface area (Å²) in [7, 11) is 0. The molecule has 0 N–H and O–H groups in total. The van der Waals surface area contributed by atoms with E-state index in [4.69, 9.17) is 5.26 Å². The molecule has 2 unspecified atom stereocenters. The standard InChI is InChI=1S/C14H14N2O/c15-7-3-4-8-16-12-9-10-5-1-2-6-11(10)13(12)14(16)17/h1-2,5-6,12-13H,3-4,8-9H2. The quantitative estimate of drug-likeness (QED) is 0.583. The van der Waals surface area contributed by atoms with Crippen LogP contribution < -0.4 is 0 Å². The molecule has 1 heterocycles. The molecule has 3 rings (SSSR count). The number of carbonyl (C=O) groups is 1. The van der Waals surface area contributed by atoms with E-state index in [0.717, 1.165) is 19.4 Å². The molecule has 1 amide bonds. The molecule has 0 aromatic heterocycles. The van der Waals surface area contributed by atoms with Crippen molar-refractivity contribution >= 4 is 5.91 Å². The Balaban J connectivity index is 1.73. The van der Waals surface area contributed by atoms with E-state index in [1.54, 1.807) is 0 Å². The van der Waals surface area contributed by atoms with Gasteiger partial charge in [-0.05, 0) is 24.0 Å². The number of hydrogen-bond acceptors (Lipinski definition) is 2. The van der Waals surface area contributed by atoms with Gasteiger partial charge in [0.1, 0.15) is 0 Å². The van der Waals surface area contributed by atoms with Gasteiger partial charge in [0, 0.05) is 13.0 Å². The molecule has 1 aliphatic carbocycles. The molecule has 1 aliphatic heterocycles. The van der Waals surface area contributed by atoms with Gasteiger partial charge in [0.05, 0.1) is 18.0 Å². The first-order valence-electron chi connectivity index (χ1n) is 6.08. The lowest BCUT2D eigenvalue weighted by molar-refractivity contribution is -0.148. The number of benzene rings is 1. The third kappa shape index (κ3) is 1.44. The van der Waals surface area contributed by atoms with Gasteiger partial charge in [-0.15, -0.1) is 0 Å².